The highest BCUT2D eigenvalue weighted by Crippen LogP contribution is 2.37. The van der Waals surface area contributed by atoms with Crippen LogP contribution in [0.25, 0.3) is 10.2 Å². The minimum Gasteiger partial charge on any atom is -0.486 e. The van der Waals surface area contributed by atoms with E-state index in [1.54, 1.807) is 16.8 Å². The predicted molar refractivity (Wildman–Crippen MR) is 125 cm³/mol. The Kier molecular flexibility index (Phi) is 5.55. The van der Waals surface area contributed by atoms with Crippen LogP contribution in [-0.4, -0.2) is 53.3 Å². The molecule has 1 atom stereocenters. The highest BCUT2D eigenvalue weighted by molar-refractivity contribution is 7.16. The van der Waals surface area contributed by atoms with E-state index in [0.29, 0.717) is 38.1 Å². The lowest BCUT2D eigenvalue weighted by Crippen LogP contribution is -2.44. The van der Waals surface area contributed by atoms with Gasteiger partial charge in [0.1, 0.15) is 19.0 Å². The van der Waals surface area contributed by atoms with E-state index >= 15 is 0 Å². The van der Waals surface area contributed by atoms with Crippen molar-refractivity contribution >= 4 is 21.6 Å². The van der Waals surface area contributed by atoms with Crippen molar-refractivity contribution in [1.82, 2.24) is 19.8 Å². The second kappa shape index (κ2) is 8.70. The molecule has 5 heterocycles. The number of pyridine rings is 1. The predicted octanol–water partition coefficient (Wildman–Crippen LogP) is 3.11. The number of rotatable bonds is 5. The van der Waals surface area contributed by atoms with Gasteiger partial charge in [0.25, 0.3) is 0 Å². The minimum atomic E-state index is -0.178. The molecule has 0 saturated carbocycles. The molecule has 3 aliphatic heterocycles. The van der Waals surface area contributed by atoms with Gasteiger partial charge in [0.05, 0.1) is 22.1 Å². The molecule has 1 N–H and O–H groups in total. The molecule has 0 amide bonds. The number of nitrogens with zero attached hydrogens (tertiary/aromatic N) is 3. The smallest absolute Gasteiger partial charge is 0.308 e. The standard InChI is InChI=1S/C24H27FN4O3S/c25-18-1-2-21-23-22(18)15(3-8-29(23)24(30)33-21)14-28-6-4-16(5-7-28)26-12-17-11-19-20(13-27-17)32-10-9-31-19/h1-2,11,13,15-16,26H,3-10,12,14H2. The summed E-state index contributed by atoms with van der Waals surface area (Å²) in [5.41, 5.74) is 2.51. The summed E-state index contributed by atoms with van der Waals surface area (Å²) in [5.74, 6) is 1.44. The third-order valence-electron chi connectivity index (χ3n) is 7.05. The van der Waals surface area contributed by atoms with Gasteiger partial charge in [-0.25, -0.2) is 4.39 Å². The van der Waals surface area contributed by atoms with E-state index in [-0.39, 0.29) is 16.6 Å². The zero-order valence-electron chi connectivity index (χ0n) is 18.4. The quantitative estimate of drug-likeness (QED) is 0.618. The van der Waals surface area contributed by atoms with Crippen molar-refractivity contribution in [2.75, 3.05) is 32.8 Å². The molecule has 3 aromatic rings. The second-order valence-corrected chi connectivity index (χ2v) is 10.1. The SMILES string of the molecule is O=c1sc2ccc(F)c3c2n1CCC3CN1CCC(NCc2cc3c(cn2)OCCO3)CC1. The van der Waals surface area contributed by atoms with Crippen LogP contribution in [0.15, 0.2) is 29.2 Å². The van der Waals surface area contributed by atoms with Crippen LogP contribution in [0.5, 0.6) is 11.5 Å². The molecule has 33 heavy (non-hydrogen) atoms. The molecule has 1 fully saturated rings. The number of thiazole rings is 1. The number of halogens is 1. The van der Waals surface area contributed by atoms with Crippen LogP contribution in [0.3, 0.4) is 0 Å². The normalized spacial score (nSPS) is 20.9. The average molecular weight is 471 g/mol. The Hall–Kier alpha value is -2.49. The van der Waals surface area contributed by atoms with Gasteiger partial charge in [-0.05, 0) is 44.5 Å². The lowest BCUT2D eigenvalue weighted by atomic mass is 9.90. The first-order valence-electron chi connectivity index (χ1n) is 11.7. The third kappa shape index (κ3) is 4.02. The fraction of sp³-hybridized carbons (Fsp3) is 0.500. The van der Waals surface area contributed by atoms with Crippen LogP contribution in [0.2, 0.25) is 0 Å². The number of fused-ring (bicyclic) bond motifs is 1. The van der Waals surface area contributed by atoms with Crippen molar-refractivity contribution in [3.05, 3.63) is 51.1 Å². The number of likely N-dealkylation sites (tertiary alicyclic amines) is 1. The molecular formula is C24H27FN4O3S. The number of aryl methyl sites for hydroxylation is 1. The van der Waals surface area contributed by atoms with E-state index in [1.165, 1.54) is 17.4 Å². The van der Waals surface area contributed by atoms with Gasteiger partial charge >= 0.3 is 4.87 Å². The van der Waals surface area contributed by atoms with Crippen LogP contribution in [-0.2, 0) is 13.1 Å². The fourth-order valence-electron chi connectivity index (χ4n) is 5.33. The number of piperidine rings is 1. The van der Waals surface area contributed by atoms with Gasteiger partial charge in [-0.1, -0.05) is 11.3 Å². The third-order valence-corrected chi connectivity index (χ3v) is 7.99. The number of aromatic nitrogens is 2. The lowest BCUT2D eigenvalue weighted by molar-refractivity contribution is 0.170. The summed E-state index contributed by atoms with van der Waals surface area (Å²) in [4.78, 5) is 19.2. The molecule has 3 aliphatic rings. The maximum absolute atomic E-state index is 14.8. The number of nitrogens with one attached hydrogen (secondary N) is 1. The summed E-state index contributed by atoms with van der Waals surface area (Å²) in [5, 5.41) is 3.63. The Balaban J connectivity index is 1.06. The van der Waals surface area contributed by atoms with Crippen molar-refractivity contribution in [2.24, 2.45) is 0 Å². The van der Waals surface area contributed by atoms with Crippen molar-refractivity contribution in [3.63, 3.8) is 0 Å². The van der Waals surface area contributed by atoms with Gasteiger partial charge in [0, 0.05) is 43.2 Å². The molecule has 7 nitrogen and oxygen atoms in total. The largest absolute Gasteiger partial charge is 0.486 e. The van der Waals surface area contributed by atoms with Gasteiger partial charge in [0.2, 0.25) is 0 Å². The van der Waals surface area contributed by atoms with E-state index in [0.717, 1.165) is 66.1 Å². The maximum atomic E-state index is 14.8. The minimum absolute atomic E-state index is 0.0229. The van der Waals surface area contributed by atoms with E-state index in [4.69, 9.17) is 9.47 Å². The van der Waals surface area contributed by atoms with E-state index in [9.17, 15) is 9.18 Å². The van der Waals surface area contributed by atoms with Crippen molar-refractivity contribution in [3.8, 4) is 11.5 Å². The van der Waals surface area contributed by atoms with Gasteiger partial charge in [0.15, 0.2) is 11.5 Å². The Morgan fingerprint density at radius 1 is 1.12 bits per heavy atom. The maximum Gasteiger partial charge on any atom is 0.308 e. The lowest BCUT2D eigenvalue weighted by Gasteiger charge is -2.36. The summed E-state index contributed by atoms with van der Waals surface area (Å²) in [6, 6.07) is 5.66. The van der Waals surface area contributed by atoms with Crippen molar-refractivity contribution in [2.45, 2.75) is 44.3 Å². The molecule has 2 aromatic heterocycles. The number of hydrogen-bond donors (Lipinski definition) is 1. The number of hydrogen-bond acceptors (Lipinski definition) is 7. The van der Waals surface area contributed by atoms with Gasteiger partial charge < -0.3 is 19.7 Å². The number of benzene rings is 1. The molecule has 0 aliphatic carbocycles. The first-order valence-corrected chi connectivity index (χ1v) is 12.5. The van der Waals surface area contributed by atoms with Crippen LogP contribution < -0.4 is 19.7 Å². The highest BCUT2D eigenvalue weighted by Gasteiger charge is 2.30. The summed E-state index contributed by atoms with van der Waals surface area (Å²) < 4.78 is 28.7. The van der Waals surface area contributed by atoms with Gasteiger partial charge in [-0.2, -0.15) is 0 Å². The molecule has 174 valence electrons. The second-order valence-electron chi connectivity index (χ2n) is 9.09. The van der Waals surface area contributed by atoms with Crippen molar-refractivity contribution in [1.29, 1.82) is 0 Å². The molecule has 1 saturated heterocycles. The van der Waals surface area contributed by atoms with Crippen LogP contribution in [0.1, 0.15) is 36.4 Å². The first-order chi connectivity index (χ1) is 16.2. The molecule has 0 spiro atoms. The van der Waals surface area contributed by atoms with Gasteiger partial charge in [-0.3, -0.25) is 14.3 Å². The van der Waals surface area contributed by atoms with Crippen LogP contribution in [0.4, 0.5) is 4.39 Å². The van der Waals surface area contributed by atoms with Crippen LogP contribution >= 0.6 is 11.3 Å². The molecule has 6 rings (SSSR count). The Bertz CT molecular complexity index is 1230. The van der Waals surface area contributed by atoms with E-state index in [2.05, 4.69) is 15.2 Å². The average Bonchev–Trinajstić information content (AvgIpc) is 3.17. The Morgan fingerprint density at radius 3 is 2.79 bits per heavy atom. The summed E-state index contributed by atoms with van der Waals surface area (Å²) in [6.07, 6.45) is 4.65. The van der Waals surface area contributed by atoms with Crippen LogP contribution in [0, 0.1) is 5.82 Å². The van der Waals surface area contributed by atoms with Crippen molar-refractivity contribution < 1.29 is 13.9 Å². The summed E-state index contributed by atoms with van der Waals surface area (Å²) in [6.45, 7) is 5.34. The van der Waals surface area contributed by atoms with E-state index in [1.807, 2.05) is 6.07 Å². The fourth-order valence-corrected chi connectivity index (χ4v) is 6.27. The zero-order chi connectivity index (χ0) is 22.4. The summed E-state index contributed by atoms with van der Waals surface area (Å²) in [7, 11) is 0. The zero-order valence-corrected chi connectivity index (χ0v) is 19.2. The topological polar surface area (TPSA) is 68.6 Å². The highest BCUT2D eigenvalue weighted by atomic mass is 32.1. The Morgan fingerprint density at radius 2 is 1.94 bits per heavy atom. The molecule has 1 unspecified atom stereocenters. The molecule has 0 radical (unpaired) electrons. The molecule has 1 aromatic carbocycles. The first kappa shape index (κ1) is 21.1. The molecule has 0 bridgehead atoms. The van der Waals surface area contributed by atoms with E-state index < -0.39 is 0 Å². The van der Waals surface area contributed by atoms with Gasteiger partial charge in [-0.15, -0.1) is 0 Å². The number of ether oxygens (including phenoxy) is 2. The summed E-state index contributed by atoms with van der Waals surface area (Å²) >= 11 is 1.22. The monoisotopic (exact) mass is 470 g/mol. The Labute approximate surface area is 195 Å². The molecule has 9 heteroatoms. The molecular weight excluding hydrogens is 443 g/mol.